The zero-order valence-corrected chi connectivity index (χ0v) is 13.7. The van der Waals surface area contributed by atoms with Crippen LogP contribution >= 0.6 is 18.1 Å². The molecule has 0 aliphatic heterocycles. The normalized spacial score (nSPS) is 15.4. The van der Waals surface area contributed by atoms with E-state index < -0.39 is 18.7 Å². The van der Waals surface area contributed by atoms with Crippen molar-refractivity contribution in [1.82, 2.24) is 5.09 Å². The Bertz CT molecular complexity index is 481. The second-order valence-corrected chi connectivity index (χ2v) is 8.76. The zero-order valence-electron chi connectivity index (χ0n) is 12.0. The summed E-state index contributed by atoms with van der Waals surface area (Å²) in [6, 6.07) is 8.13. The molecule has 5 nitrogen and oxygen atoms in total. The lowest BCUT2D eigenvalue weighted by Crippen LogP contribution is -2.35. The molecule has 1 N–H and O–H groups in total. The summed E-state index contributed by atoms with van der Waals surface area (Å²) in [6.07, 6.45) is 1.45. The van der Waals surface area contributed by atoms with Crippen LogP contribution in [0.3, 0.4) is 0 Å². The van der Waals surface area contributed by atoms with Crippen molar-refractivity contribution in [3.8, 4) is 5.75 Å². The molecule has 0 aromatic heterocycles. The Labute approximate surface area is 123 Å². The van der Waals surface area contributed by atoms with Gasteiger partial charge < -0.3 is 9.26 Å². The van der Waals surface area contributed by atoms with Crippen LogP contribution < -0.4 is 9.61 Å². The van der Waals surface area contributed by atoms with Crippen molar-refractivity contribution in [2.45, 2.75) is 32.9 Å². The van der Waals surface area contributed by atoms with E-state index in [0.717, 1.165) is 11.4 Å². The standard InChI is InChI=1S/C13H20NO4PS/c1-10(2)17-13(15)11(3)14-19(16,20-4)18-12-8-6-5-7-9-12/h5-11H,1-4H3,(H,14,16)/t11-,19?/m0/s1. The van der Waals surface area contributed by atoms with Crippen molar-refractivity contribution < 1.29 is 18.6 Å². The number of hydrogen-bond donors (Lipinski definition) is 1. The maximum Gasteiger partial charge on any atom is 0.374 e. The van der Waals surface area contributed by atoms with Crippen molar-refractivity contribution in [3.63, 3.8) is 0 Å². The first-order chi connectivity index (χ1) is 9.36. The van der Waals surface area contributed by atoms with Gasteiger partial charge in [0.25, 0.3) is 0 Å². The second-order valence-electron chi connectivity index (χ2n) is 4.42. The molecule has 0 amide bonds. The van der Waals surface area contributed by atoms with Gasteiger partial charge in [-0.15, -0.1) is 0 Å². The molecule has 20 heavy (non-hydrogen) atoms. The van der Waals surface area contributed by atoms with Crippen LogP contribution in [-0.4, -0.2) is 24.4 Å². The fourth-order valence-corrected chi connectivity index (χ4v) is 3.84. The van der Waals surface area contributed by atoms with Crippen molar-refractivity contribution in [2.75, 3.05) is 6.26 Å². The van der Waals surface area contributed by atoms with Crippen LogP contribution in [0.15, 0.2) is 30.3 Å². The highest BCUT2D eigenvalue weighted by Gasteiger charge is 2.29. The van der Waals surface area contributed by atoms with Crippen LogP contribution in [0.4, 0.5) is 0 Å². The molecular formula is C13H20NO4PS. The van der Waals surface area contributed by atoms with Gasteiger partial charge in [0, 0.05) is 0 Å². The minimum Gasteiger partial charge on any atom is -0.462 e. The molecule has 0 saturated heterocycles. The predicted octanol–water partition coefficient (Wildman–Crippen LogP) is 3.47. The number of hydrogen-bond acceptors (Lipinski definition) is 5. The van der Waals surface area contributed by atoms with Crippen LogP contribution in [-0.2, 0) is 14.1 Å². The summed E-state index contributed by atoms with van der Waals surface area (Å²) in [4.78, 5) is 11.7. The average Bonchev–Trinajstić information content (AvgIpc) is 2.39. The molecule has 1 unspecified atom stereocenters. The molecule has 0 aliphatic rings. The second kappa shape index (κ2) is 7.72. The molecule has 0 bridgehead atoms. The van der Waals surface area contributed by atoms with Crippen LogP contribution in [0, 0.1) is 0 Å². The van der Waals surface area contributed by atoms with Crippen molar-refractivity contribution in [2.24, 2.45) is 0 Å². The summed E-state index contributed by atoms with van der Waals surface area (Å²) < 4.78 is 23.1. The molecule has 7 heteroatoms. The van der Waals surface area contributed by atoms with Crippen LogP contribution in [0.2, 0.25) is 0 Å². The van der Waals surface area contributed by atoms with Gasteiger partial charge in [0.2, 0.25) is 0 Å². The van der Waals surface area contributed by atoms with Gasteiger partial charge in [-0.25, -0.2) is 9.65 Å². The molecule has 0 saturated carbocycles. The quantitative estimate of drug-likeness (QED) is 0.613. The van der Waals surface area contributed by atoms with E-state index in [1.54, 1.807) is 51.3 Å². The third-order valence-corrected chi connectivity index (χ3v) is 5.88. The number of carbonyl (C=O) groups is 1. The van der Waals surface area contributed by atoms with Gasteiger partial charge in [-0.05, 0) is 50.5 Å². The number of rotatable bonds is 7. The Morgan fingerprint density at radius 3 is 2.35 bits per heavy atom. The topological polar surface area (TPSA) is 64.6 Å². The Morgan fingerprint density at radius 1 is 1.25 bits per heavy atom. The number of esters is 1. The van der Waals surface area contributed by atoms with E-state index in [1.807, 2.05) is 6.07 Å². The number of nitrogens with one attached hydrogen (secondary N) is 1. The third kappa shape index (κ3) is 5.57. The number of para-hydroxylation sites is 1. The third-order valence-electron chi connectivity index (χ3n) is 2.27. The summed E-state index contributed by atoms with van der Waals surface area (Å²) in [5.41, 5.74) is 0. The van der Waals surface area contributed by atoms with Crippen molar-refractivity contribution in [3.05, 3.63) is 30.3 Å². The van der Waals surface area contributed by atoms with E-state index in [2.05, 4.69) is 5.09 Å². The van der Waals surface area contributed by atoms with E-state index >= 15 is 0 Å². The summed E-state index contributed by atoms with van der Waals surface area (Å²) in [6.45, 7) is 1.92. The molecule has 0 spiro atoms. The fourth-order valence-electron chi connectivity index (χ4n) is 1.36. The van der Waals surface area contributed by atoms with Crippen molar-refractivity contribution >= 4 is 24.1 Å². The minimum absolute atomic E-state index is 0.213. The number of ether oxygens (including phenoxy) is 1. The monoisotopic (exact) mass is 317 g/mol. The molecule has 2 atom stereocenters. The number of carbonyl (C=O) groups excluding carboxylic acids is 1. The summed E-state index contributed by atoms with van der Waals surface area (Å²) in [5, 5.41) is 2.72. The molecular weight excluding hydrogens is 297 g/mol. The highest BCUT2D eigenvalue weighted by atomic mass is 32.7. The first-order valence-corrected chi connectivity index (χ1v) is 9.70. The summed E-state index contributed by atoms with van der Waals surface area (Å²) >= 11 is 1.05. The van der Waals surface area contributed by atoms with Gasteiger partial charge in [0.05, 0.1) is 6.10 Å². The zero-order chi connectivity index (χ0) is 15.2. The van der Waals surface area contributed by atoms with E-state index in [-0.39, 0.29) is 6.10 Å². The lowest BCUT2D eigenvalue weighted by molar-refractivity contribution is -0.148. The van der Waals surface area contributed by atoms with Gasteiger partial charge in [0.1, 0.15) is 11.8 Å². The maximum atomic E-state index is 12.6. The van der Waals surface area contributed by atoms with Crippen LogP contribution in [0.5, 0.6) is 5.75 Å². The van der Waals surface area contributed by atoms with E-state index in [4.69, 9.17) is 9.26 Å². The van der Waals surface area contributed by atoms with E-state index in [1.165, 1.54) is 0 Å². The SMILES string of the molecule is CSP(=O)(N[C@@H](C)C(=O)OC(C)C)Oc1ccccc1. The lowest BCUT2D eigenvalue weighted by atomic mass is 10.3. The molecule has 0 heterocycles. The van der Waals surface area contributed by atoms with Gasteiger partial charge in [-0.1, -0.05) is 18.2 Å². The largest absolute Gasteiger partial charge is 0.462 e. The first kappa shape index (κ1) is 17.1. The van der Waals surface area contributed by atoms with Gasteiger partial charge in [-0.2, -0.15) is 0 Å². The highest BCUT2D eigenvalue weighted by Crippen LogP contribution is 2.54. The molecule has 1 aromatic rings. The molecule has 0 fully saturated rings. The van der Waals surface area contributed by atoms with E-state index in [0.29, 0.717) is 5.75 Å². The summed E-state index contributed by atoms with van der Waals surface area (Å²) in [5.74, 6) is 0.0352. The predicted molar refractivity (Wildman–Crippen MR) is 82.0 cm³/mol. The summed E-state index contributed by atoms with van der Waals surface area (Å²) in [7, 11) is 0. The van der Waals surface area contributed by atoms with Gasteiger partial charge >= 0.3 is 12.7 Å². The lowest BCUT2D eigenvalue weighted by Gasteiger charge is -2.22. The Morgan fingerprint density at radius 2 is 1.85 bits per heavy atom. The fraction of sp³-hybridized carbons (Fsp3) is 0.462. The Kier molecular flexibility index (Phi) is 6.59. The molecule has 0 radical (unpaired) electrons. The smallest absolute Gasteiger partial charge is 0.374 e. The molecule has 0 aliphatic carbocycles. The van der Waals surface area contributed by atoms with Crippen LogP contribution in [0.25, 0.3) is 0 Å². The maximum absolute atomic E-state index is 12.6. The Hall–Kier alpha value is -0.970. The van der Waals surface area contributed by atoms with Gasteiger partial charge in [0.15, 0.2) is 0 Å². The average molecular weight is 317 g/mol. The van der Waals surface area contributed by atoms with Gasteiger partial charge in [-0.3, -0.25) is 4.79 Å². The van der Waals surface area contributed by atoms with E-state index in [9.17, 15) is 9.36 Å². The Balaban J connectivity index is 2.70. The molecule has 112 valence electrons. The minimum atomic E-state index is -3.21. The molecule has 1 rings (SSSR count). The number of benzene rings is 1. The van der Waals surface area contributed by atoms with Crippen molar-refractivity contribution in [1.29, 1.82) is 0 Å². The van der Waals surface area contributed by atoms with Crippen LogP contribution in [0.1, 0.15) is 20.8 Å². The molecule has 1 aromatic carbocycles. The highest BCUT2D eigenvalue weighted by molar-refractivity contribution is 8.55. The first-order valence-electron chi connectivity index (χ1n) is 6.25.